The number of nitriles is 1. The number of nitrogens with one attached hydrogen (secondary N) is 1. The van der Waals surface area contributed by atoms with Crippen LogP contribution in [0.15, 0.2) is 24.3 Å². The van der Waals surface area contributed by atoms with Gasteiger partial charge in [0.2, 0.25) is 0 Å². The minimum absolute atomic E-state index is 0.197. The van der Waals surface area contributed by atoms with Crippen LogP contribution in [0.1, 0.15) is 25.5 Å². The van der Waals surface area contributed by atoms with Crippen molar-refractivity contribution in [2.45, 2.75) is 25.9 Å². The van der Waals surface area contributed by atoms with Gasteiger partial charge in [0.05, 0.1) is 6.07 Å². The van der Waals surface area contributed by atoms with E-state index in [-0.39, 0.29) is 11.9 Å². The Kier molecular flexibility index (Phi) is 3.61. The highest BCUT2D eigenvalue weighted by molar-refractivity contribution is 5.24. The second-order valence-electron chi connectivity index (χ2n) is 3.44. The van der Waals surface area contributed by atoms with Gasteiger partial charge in [-0.3, -0.25) is 5.32 Å². The molecule has 1 aromatic rings. The Morgan fingerprint density at radius 3 is 2.64 bits per heavy atom. The molecule has 74 valence electrons. The summed E-state index contributed by atoms with van der Waals surface area (Å²) in [4.78, 5) is 0. The van der Waals surface area contributed by atoms with Crippen LogP contribution in [0, 0.1) is 17.1 Å². The van der Waals surface area contributed by atoms with E-state index in [0.717, 1.165) is 0 Å². The smallest absolute Gasteiger partial charge is 0.123 e. The summed E-state index contributed by atoms with van der Waals surface area (Å²) >= 11 is 0. The number of halogens is 1. The van der Waals surface area contributed by atoms with Gasteiger partial charge in [-0.1, -0.05) is 12.1 Å². The molecule has 0 saturated carbocycles. The molecule has 0 aliphatic heterocycles. The van der Waals surface area contributed by atoms with E-state index < -0.39 is 6.04 Å². The maximum Gasteiger partial charge on any atom is 0.123 e. The Bertz CT molecular complexity index is 341. The third-order valence-corrected chi connectivity index (χ3v) is 1.81. The first-order valence-electron chi connectivity index (χ1n) is 4.54. The van der Waals surface area contributed by atoms with Crippen molar-refractivity contribution in [1.29, 1.82) is 5.26 Å². The van der Waals surface area contributed by atoms with Crippen LogP contribution in [0.25, 0.3) is 0 Å². The van der Waals surface area contributed by atoms with Crippen LogP contribution in [0.2, 0.25) is 0 Å². The Labute approximate surface area is 83.4 Å². The molecule has 1 N–H and O–H groups in total. The molecule has 1 unspecified atom stereocenters. The predicted molar refractivity (Wildman–Crippen MR) is 53.0 cm³/mol. The average molecular weight is 192 g/mol. The van der Waals surface area contributed by atoms with Crippen molar-refractivity contribution in [1.82, 2.24) is 5.32 Å². The summed E-state index contributed by atoms with van der Waals surface area (Å²) in [7, 11) is 0. The van der Waals surface area contributed by atoms with Gasteiger partial charge in [0, 0.05) is 6.04 Å². The van der Waals surface area contributed by atoms with Gasteiger partial charge in [0.15, 0.2) is 0 Å². The summed E-state index contributed by atoms with van der Waals surface area (Å²) < 4.78 is 12.9. The lowest BCUT2D eigenvalue weighted by molar-refractivity contribution is 0.542. The van der Waals surface area contributed by atoms with Crippen molar-refractivity contribution in [3.63, 3.8) is 0 Å². The van der Waals surface area contributed by atoms with Gasteiger partial charge in [-0.05, 0) is 31.5 Å². The number of hydrogen-bond donors (Lipinski definition) is 1. The zero-order chi connectivity index (χ0) is 10.6. The lowest BCUT2D eigenvalue weighted by atomic mass is 10.1. The number of rotatable bonds is 3. The van der Waals surface area contributed by atoms with Crippen molar-refractivity contribution in [3.05, 3.63) is 35.6 Å². The van der Waals surface area contributed by atoms with Crippen molar-refractivity contribution >= 4 is 0 Å². The van der Waals surface area contributed by atoms with Crippen LogP contribution in [-0.4, -0.2) is 6.04 Å². The van der Waals surface area contributed by atoms with Gasteiger partial charge in [-0.2, -0.15) is 5.26 Å². The molecular weight excluding hydrogens is 179 g/mol. The largest absolute Gasteiger partial charge is 0.296 e. The molecule has 0 aliphatic carbocycles. The Balaban J connectivity index is 2.85. The van der Waals surface area contributed by atoms with E-state index in [1.165, 1.54) is 12.1 Å². The number of hydrogen-bond acceptors (Lipinski definition) is 2. The molecule has 3 heteroatoms. The van der Waals surface area contributed by atoms with Gasteiger partial charge in [0.1, 0.15) is 11.9 Å². The monoisotopic (exact) mass is 192 g/mol. The number of benzene rings is 1. The Hall–Kier alpha value is -1.40. The van der Waals surface area contributed by atoms with Gasteiger partial charge >= 0.3 is 0 Å². The molecule has 0 heterocycles. The Morgan fingerprint density at radius 1 is 1.43 bits per heavy atom. The minimum atomic E-state index is -0.439. The maximum atomic E-state index is 12.9. The fourth-order valence-corrected chi connectivity index (χ4v) is 1.23. The molecule has 0 fully saturated rings. The van der Waals surface area contributed by atoms with Crippen molar-refractivity contribution in [2.24, 2.45) is 0 Å². The topological polar surface area (TPSA) is 35.8 Å². The van der Waals surface area contributed by atoms with Crippen LogP contribution in [-0.2, 0) is 0 Å². The van der Waals surface area contributed by atoms with Crippen molar-refractivity contribution < 1.29 is 4.39 Å². The highest BCUT2D eigenvalue weighted by Gasteiger charge is 2.11. The van der Waals surface area contributed by atoms with Gasteiger partial charge < -0.3 is 0 Å². The standard InChI is InChI=1S/C11H13FN2/c1-8(2)14-11(7-13)9-4-3-5-10(12)6-9/h3-6,8,11,14H,1-2H3. The first-order chi connectivity index (χ1) is 6.63. The van der Waals surface area contributed by atoms with Gasteiger partial charge in [-0.25, -0.2) is 4.39 Å². The van der Waals surface area contributed by atoms with Gasteiger partial charge in [0.25, 0.3) is 0 Å². The van der Waals surface area contributed by atoms with E-state index in [9.17, 15) is 4.39 Å². The quantitative estimate of drug-likeness (QED) is 0.798. The van der Waals surface area contributed by atoms with Crippen molar-refractivity contribution in [3.8, 4) is 6.07 Å². The van der Waals surface area contributed by atoms with Crippen LogP contribution >= 0.6 is 0 Å². The summed E-state index contributed by atoms with van der Waals surface area (Å²) in [5.41, 5.74) is 0.668. The fourth-order valence-electron chi connectivity index (χ4n) is 1.23. The van der Waals surface area contributed by atoms with Crippen LogP contribution in [0.4, 0.5) is 4.39 Å². The van der Waals surface area contributed by atoms with E-state index in [4.69, 9.17) is 5.26 Å². The zero-order valence-corrected chi connectivity index (χ0v) is 8.29. The summed E-state index contributed by atoms with van der Waals surface area (Å²) in [6.07, 6.45) is 0. The fraction of sp³-hybridized carbons (Fsp3) is 0.364. The molecule has 14 heavy (non-hydrogen) atoms. The molecule has 0 spiro atoms. The third kappa shape index (κ3) is 2.82. The molecule has 1 aromatic carbocycles. The highest BCUT2D eigenvalue weighted by atomic mass is 19.1. The molecule has 1 rings (SSSR count). The summed E-state index contributed by atoms with van der Waals surface area (Å²) in [5, 5.41) is 11.9. The van der Waals surface area contributed by atoms with Crippen molar-refractivity contribution in [2.75, 3.05) is 0 Å². The normalized spacial score (nSPS) is 12.5. The molecule has 0 radical (unpaired) electrons. The SMILES string of the molecule is CC(C)NC(C#N)c1cccc(F)c1. The predicted octanol–water partition coefficient (Wildman–Crippen LogP) is 2.39. The van der Waals surface area contributed by atoms with E-state index >= 15 is 0 Å². The Morgan fingerprint density at radius 2 is 2.14 bits per heavy atom. The second kappa shape index (κ2) is 4.73. The zero-order valence-electron chi connectivity index (χ0n) is 8.29. The van der Waals surface area contributed by atoms with E-state index in [0.29, 0.717) is 5.56 Å². The molecule has 0 aromatic heterocycles. The molecule has 0 saturated heterocycles. The van der Waals surface area contributed by atoms with Crippen LogP contribution in [0.5, 0.6) is 0 Å². The molecule has 0 bridgehead atoms. The molecule has 0 aliphatic rings. The minimum Gasteiger partial charge on any atom is -0.296 e. The summed E-state index contributed by atoms with van der Waals surface area (Å²) in [6.45, 7) is 3.90. The molecule has 2 nitrogen and oxygen atoms in total. The molecular formula is C11H13FN2. The van der Waals surface area contributed by atoms with Crippen LogP contribution in [0.3, 0.4) is 0 Å². The third-order valence-electron chi connectivity index (χ3n) is 1.81. The lowest BCUT2D eigenvalue weighted by Crippen LogP contribution is -2.27. The summed E-state index contributed by atoms with van der Waals surface area (Å²) in [5.74, 6) is -0.312. The first-order valence-corrected chi connectivity index (χ1v) is 4.54. The number of nitrogens with zero attached hydrogens (tertiary/aromatic N) is 1. The maximum absolute atomic E-state index is 12.9. The van der Waals surface area contributed by atoms with E-state index in [1.807, 2.05) is 13.8 Å². The molecule has 1 atom stereocenters. The van der Waals surface area contributed by atoms with Crippen LogP contribution < -0.4 is 5.32 Å². The highest BCUT2D eigenvalue weighted by Crippen LogP contribution is 2.13. The van der Waals surface area contributed by atoms with Gasteiger partial charge in [-0.15, -0.1) is 0 Å². The van der Waals surface area contributed by atoms with E-state index in [1.54, 1.807) is 12.1 Å². The lowest BCUT2D eigenvalue weighted by Gasteiger charge is -2.14. The first kappa shape index (κ1) is 10.7. The average Bonchev–Trinajstić information content (AvgIpc) is 2.14. The second-order valence-corrected chi connectivity index (χ2v) is 3.44. The molecule has 0 amide bonds. The van der Waals surface area contributed by atoms with E-state index in [2.05, 4.69) is 11.4 Å². The summed E-state index contributed by atoms with van der Waals surface area (Å²) in [6, 6.07) is 7.95.